The lowest BCUT2D eigenvalue weighted by Gasteiger charge is -2.28. The van der Waals surface area contributed by atoms with Gasteiger partial charge in [-0.2, -0.15) is 8.42 Å². The van der Waals surface area contributed by atoms with Crippen LogP contribution in [-0.4, -0.2) is 19.1 Å². The Morgan fingerprint density at radius 2 is 1.68 bits per heavy atom. The van der Waals surface area contributed by atoms with Gasteiger partial charge in [-0.25, -0.2) is 0 Å². The Morgan fingerprint density at radius 1 is 0.964 bits per heavy atom. The van der Waals surface area contributed by atoms with Gasteiger partial charge in [0.2, 0.25) is 0 Å². The number of fused-ring (bicyclic) bond motifs is 1. The summed E-state index contributed by atoms with van der Waals surface area (Å²) in [5, 5.41) is 3.47. The number of anilines is 2. The highest BCUT2D eigenvalue weighted by atomic mass is 32.2. The summed E-state index contributed by atoms with van der Waals surface area (Å²) in [5.41, 5.74) is 2.45. The van der Waals surface area contributed by atoms with Gasteiger partial charge < -0.3 is 10.2 Å². The number of benzene rings is 2. The Labute approximate surface area is 168 Å². The summed E-state index contributed by atoms with van der Waals surface area (Å²) in [6.45, 7) is 2.81. The minimum Gasteiger partial charge on any atom is -0.363 e. The van der Waals surface area contributed by atoms with E-state index in [1.165, 1.54) is 38.2 Å². The lowest BCUT2D eigenvalue weighted by Crippen LogP contribution is -2.35. The third kappa shape index (κ3) is 5.06. The molecule has 1 heterocycles. The molecule has 0 saturated heterocycles. The monoisotopic (exact) mass is 402 g/mol. The van der Waals surface area contributed by atoms with Crippen LogP contribution >= 0.6 is 0 Å². The number of unbranched alkanes of at least 4 members (excludes halogenated alkanes) is 5. The van der Waals surface area contributed by atoms with E-state index in [4.69, 9.17) is 0 Å². The molecular formula is C22H30N2O3S. The Hall–Kier alpha value is -2.05. The molecule has 0 saturated carbocycles. The van der Waals surface area contributed by atoms with Crippen LogP contribution in [0.4, 0.5) is 11.4 Å². The third-order valence-electron chi connectivity index (χ3n) is 5.29. The summed E-state index contributed by atoms with van der Waals surface area (Å²) in [4.78, 5) is 2.05. The van der Waals surface area contributed by atoms with E-state index in [2.05, 4.69) is 17.1 Å². The van der Waals surface area contributed by atoms with Crippen molar-refractivity contribution in [1.29, 1.82) is 0 Å². The van der Waals surface area contributed by atoms with E-state index in [1.54, 1.807) is 6.07 Å². The van der Waals surface area contributed by atoms with Crippen LogP contribution in [0.1, 0.15) is 57.4 Å². The van der Waals surface area contributed by atoms with Crippen molar-refractivity contribution in [3.63, 3.8) is 0 Å². The molecule has 1 atom stereocenters. The van der Waals surface area contributed by atoms with Gasteiger partial charge in [0.25, 0.3) is 10.1 Å². The normalized spacial score (nSPS) is 16.1. The molecule has 0 aliphatic carbocycles. The van der Waals surface area contributed by atoms with Gasteiger partial charge >= 0.3 is 0 Å². The minimum absolute atomic E-state index is 0.0179. The van der Waals surface area contributed by atoms with Crippen LogP contribution in [0.15, 0.2) is 53.4 Å². The molecule has 0 spiro atoms. The van der Waals surface area contributed by atoms with E-state index in [-0.39, 0.29) is 11.1 Å². The molecule has 1 aliphatic heterocycles. The second kappa shape index (κ2) is 9.43. The highest BCUT2D eigenvalue weighted by molar-refractivity contribution is 7.86. The van der Waals surface area contributed by atoms with Crippen molar-refractivity contribution in [1.82, 2.24) is 0 Å². The lowest BCUT2D eigenvalue weighted by atomic mass is 10.1. The first-order valence-corrected chi connectivity index (χ1v) is 11.6. The first-order valence-electron chi connectivity index (χ1n) is 10.2. The number of rotatable bonds is 10. The molecule has 152 valence electrons. The second-order valence-corrected chi connectivity index (χ2v) is 8.85. The average molecular weight is 403 g/mol. The topological polar surface area (TPSA) is 69.6 Å². The molecule has 0 radical (unpaired) electrons. The van der Waals surface area contributed by atoms with Crippen molar-refractivity contribution in [2.45, 2.75) is 69.5 Å². The molecule has 6 heteroatoms. The van der Waals surface area contributed by atoms with E-state index in [9.17, 15) is 13.0 Å². The number of nitrogens with zero attached hydrogens (tertiary/aromatic N) is 1. The summed E-state index contributed by atoms with van der Waals surface area (Å²) in [6.07, 6.45) is 8.24. The molecule has 1 unspecified atom stereocenters. The maximum absolute atomic E-state index is 12.0. The van der Waals surface area contributed by atoms with Crippen LogP contribution in [0.25, 0.3) is 0 Å². The summed E-state index contributed by atoms with van der Waals surface area (Å²) in [6, 6.07) is 15.0. The van der Waals surface area contributed by atoms with E-state index in [1.807, 2.05) is 36.4 Å². The Kier molecular flexibility index (Phi) is 6.97. The minimum atomic E-state index is -4.29. The molecule has 0 aromatic heterocycles. The van der Waals surface area contributed by atoms with Gasteiger partial charge in [0.1, 0.15) is 4.90 Å². The quantitative estimate of drug-likeness (QED) is 0.409. The van der Waals surface area contributed by atoms with Crippen molar-refractivity contribution >= 4 is 21.5 Å². The molecule has 28 heavy (non-hydrogen) atoms. The average Bonchev–Trinajstić information content (AvgIpc) is 3.02. The maximum Gasteiger partial charge on any atom is 0.296 e. The van der Waals surface area contributed by atoms with E-state index >= 15 is 0 Å². The lowest BCUT2D eigenvalue weighted by molar-refractivity contribution is 0.482. The van der Waals surface area contributed by atoms with Crippen LogP contribution in [-0.2, 0) is 16.7 Å². The molecule has 0 amide bonds. The molecule has 2 aromatic rings. The summed E-state index contributed by atoms with van der Waals surface area (Å²) in [5.74, 6) is 0. The highest BCUT2D eigenvalue weighted by Crippen LogP contribution is 2.41. The van der Waals surface area contributed by atoms with Gasteiger partial charge in [0, 0.05) is 6.54 Å². The summed E-state index contributed by atoms with van der Waals surface area (Å²) >= 11 is 0. The fourth-order valence-electron chi connectivity index (χ4n) is 3.87. The summed E-state index contributed by atoms with van der Waals surface area (Å²) < 4.78 is 33.7. The zero-order chi connectivity index (χ0) is 20.0. The molecular weight excluding hydrogens is 372 g/mol. The molecule has 3 rings (SSSR count). The number of hydrogen-bond donors (Lipinski definition) is 2. The molecule has 2 N–H and O–H groups in total. The summed E-state index contributed by atoms with van der Waals surface area (Å²) in [7, 11) is -4.29. The van der Waals surface area contributed by atoms with Crippen LogP contribution in [0.5, 0.6) is 0 Å². The molecule has 2 aromatic carbocycles. The Balaban J connectivity index is 1.80. The number of para-hydroxylation sites is 1. The Morgan fingerprint density at radius 3 is 2.39 bits per heavy atom. The van der Waals surface area contributed by atoms with Gasteiger partial charge in [0.05, 0.1) is 17.5 Å². The Bertz CT molecular complexity index is 869. The van der Waals surface area contributed by atoms with Gasteiger partial charge in [-0.1, -0.05) is 75.4 Å². The van der Waals surface area contributed by atoms with Crippen LogP contribution < -0.4 is 10.2 Å². The van der Waals surface area contributed by atoms with Crippen molar-refractivity contribution < 1.29 is 13.0 Å². The zero-order valence-electron chi connectivity index (χ0n) is 16.5. The fourth-order valence-corrected chi connectivity index (χ4v) is 4.59. The maximum atomic E-state index is 12.0. The molecule has 0 fully saturated rings. The van der Waals surface area contributed by atoms with Crippen molar-refractivity contribution in [2.75, 3.05) is 10.2 Å². The van der Waals surface area contributed by atoms with Crippen LogP contribution in [0, 0.1) is 0 Å². The third-order valence-corrected chi connectivity index (χ3v) is 6.17. The van der Waals surface area contributed by atoms with Crippen molar-refractivity contribution in [2.24, 2.45) is 0 Å². The number of hydrogen-bond acceptors (Lipinski definition) is 4. The van der Waals surface area contributed by atoms with Gasteiger partial charge in [-0.3, -0.25) is 4.55 Å². The number of nitrogens with one attached hydrogen (secondary N) is 1. The van der Waals surface area contributed by atoms with E-state index in [0.717, 1.165) is 24.1 Å². The largest absolute Gasteiger partial charge is 0.363 e. The predicted molar refractivity (Wildman–Crippen MR) is 114 cm³/mol. The van der Waals surface area contributed by atoms with E-state index < -0.39 is 10.1 Å². The smallest absolute Gasteiger partial charge is 0.296 e. The van der Waals surface area contributed by atoms with Gasteiger partial charge in [-0.15, -0.1) is 0 Å². The highest BCUT2D eigenvalue weighted by Gasteiger charge is 2.33. The van der Waals surface area contributed by atoms with E-state index in [0.29, 0.717) is 12.2 Å². The molecule has 0 bridgehead atoms. The SMILES string of the molecule is CCCCCCCCC1Nc2cccc(S(=O)(=O)O)c2N1Cc1ccccc1. The first kappa shape index (κ1) is 20.7. The molecule has 5 nitrogen and oxygen atoms in total. The first-order chi connectivity index (χ1) is 13.5. The van der Waals surface area contributed by atoms with Gasteiger partial charge in [-0.05, 0) is 30.5 Å². The van der Waals surface area contributed by atoms with Gasteiger partial charge in [0.15, 0.2) is 0 Å². The van der Waals surface area contributed by atoms with Crippen LogP contribution in [0.3, 0.4) is 0 Å². The molecule has 1 aliphatic rings. The predicted octanol–water partition coefficient (Wildman–Crippen LogP) is 5.44. The zero-order valence-corrected chi connectivity index (χ0v) is 17.3. The fraction of sp³-hybridized carbons (Fsp3) is 0.455. The van der Waals surface area contributed by atoms with Crippen LogP contribution in [0.2, 0.25) is 0 Å². The second-order valence-electron chi connectivity index (χ2n) is 7.46. The van der Waals surface area contributed by atoms with Crippen molar-refractivity contribution in [3.8, 4) is 0 Å². The standard InChI is InChI=1S/C22H30N2O3S/c1-2-3-4-5-6-10-16-21-23-19-14-11-15-20(28(25,26)27)22(19)24(21)17-18-12-8-7-9-13-18/h7-9,11-15,21,23H,2-6,10,16-17H2,1H3,(H,25,26,27). The van der Waals surface area contributed by atoms with Crippen molar-refractivity contribution in [3.05, 3.63) is 54.1 Å².